The van der Waals surface area contributed by atoms with Crippen LogP contribution in [-0.2, 0) is 34.8 Å². The molecule has 0 aliphatic heterocycles. The molecule has 0 aliphatic carbocycles. The zero-order valence-corrected chi connectivity index (χ0v) is 31.6. The predicted molar refractivity (Wildman–Crippen MR) is 214 cm³/mol. The summed E-state index contributed by atoms with van der Waals surface area (Å²) in [5.41, 5.74) is 13.5. The minimum Gasteiger partial charge on any atom is -0.410 e. The average molecular weight is 799 g/mol. The number of hydrogen-bond acceptors (Lipinski definition) is 7. The van der Waals surface area contributed by atoms with Crippen molar-refractivity contribution >= 4 is 46.3 Å². The smallest absolute Gasteiger partial charge is 0.409 e. The van der Waals surface area contributed by atoms with Gasteiger partial charge in [0.2, 0.25) is 11.8 Å². The first-order valence-electron chi connectivity index (χ1n) is 18.0. The fraction of sp³-hybridized carbons (Fsp3) is 0.116. The molecule has 5 aromatic carbocycles. The molecule has 0 bridgehead atoms. The minimum atomic E-state index is -1.06. The summed E-state index contributed by atoms with van der Waals surface area (Å²) in [5.74, 6) is -2.67. The molecule has 7 rings (SSSR count). The van der Waals surface area contributed by atoms with Gasteiger partial charge in [-0.2, -0.15) is 5.10 Å². The second-order valence-electron chi connectivity index (χ2n) is 13.3. The van der Waals surface area contributed by atoms with E-state index in [0.717, 1.165) is 16.7 Å². The fourth-order valence-electron chi connectivity index (χ4n) is 7.02. The van der Waals surface area contributed by atoms with E-state index in [9.17, 15) is 23.6 Å². The number of nitrogens with two attached hydrogens (primary N) is 2. The van der Waals surface area contributed by atoms with Crippen molar-refractivity contribution < 1.29 is 28.3 Å². The van der Waals surface area contributed by atoms with E-state index < -0.39 is 48.3 Å². The van der Waals surface area contributed by atoms with Crippen molar-refractivity contribution in [3.05, 3.63) is 184 Å². The van der Waals surface area contributed by atoms with Crippen molar-refractivity contribution in [2.75, 3.05) is 6.54 Å². The molecule has 0 saturated carbocycles. The third kappa shape index (κ3) is 7.99. The molecule has 4 amide bonds. The highest BCUT2D eigenvalue weighted by Gasteiger charge is 2.38. The van der Waals surface area contributed by atoms with Crippen LogP contribution in [0.5, 0.6) is 5.75 Å². The number of carbonyl (C=O) groups excluding carboxylic acids is 4. The zero-order valence-electron chi connectivity index (χ0n) is 30.8. The van der Waals surface area contributed by atoms with Crippen LogP contribution in [0.2, 0.25) is 5.02 Å². The molecule has 0 saturated heterocycles. The van der Waals surface area contributed by atoms with Crippen LogP contribution in [-0.4, -0.2) is 54.6 Å². The van der Waals surface area contributed by atoms with Crippen molar-refractivity contribution in [1.29, 1.82) is 0 Å². The van der Waals surface area contributed by atoms with Gasteiger partial charge in [0, 0.05) is 23.7 Å². The summed E-state index contributed by atoms with van der Waals surface area (Å²) < 4.78 is 22.9. The van der Waals surface area contributed by atoms with E-state index in [0.29, 0.717) is 11.2 Å². The number of benzene rings is 5. The number of nitrogens with zero attached hydrogens (tertiary/aromatic N) is 5. The van der Waals surface area contributed by atoms with Gasteiger partial charge in [-0.1, -0.05) is 115 Å². The Morgan fingerprint density at radius 1 is 0.828 bits per heavy atom. The first-order valence-corrected chi connectivity index (χ1v) is 18.4. The number of amides is 4. The van der Waals surface area contributed by atoms with Crippen LogP contribution in [0.3, 0.4) is 0 Å². The Hall–Kier alpha value is -7.32. The van der Waals surface area contributed by atoms with E-state index in [4.69, 9.17) is 32.8 Å². The maximum atomic E-state index is 14.7. The van der Waals surface area contributed by atoms with Crippen molar-refractivity contribution in [1.82, 2.24) is 29.5 Å². The van der Waals surface area contributed by atoms with Gasteiger partial charge in [0.25, 0.3) is 5.91 Å². The van der Waals surface area contributed by atoms with Gasteiger partial charge in [-0.25, -0.2) is 14.2 Å². The topological polar surface area (TPSA) is 180 Å². The summed E-state index contributed by atoms with van der Waals surface area (Å²) in [6.07, 6.45) is 2.46. The third-order valence-electron chi connectivity index (χ3n) is 9.60. The van der Waals surface area contributed by atoms with Gasteiger partial charge in [0.1, 0.15) is 23.7 Å². The Balaban J connectivity index is 1.25. The van der Waals surface area contributed by atoms with Gasteiger partial charge < -0.3 is 31.0 Å². The number of nitrogens with one attached hydrogen (secondary N) is 1. The lowest BCUT2D eigenvalue weighted by molar-refractivity contribution is -0.137. The van der Waals surface area contributed by atoms with E-state index in [1.165, 1.54) is 39.9 Å². The summed E-state index contributed by atoms with van der Waals surface area (Å²) >= 11 is 5.95. The fourth-order valence-corrected chi connectivity index (χ4v) is 7.21. The summed E-state index contributed by atoms with van der Waals surface area (Å²) in [4.78, 5) is 57.6. The number of primary amides is 2. The molecule has 0 spiro atoms. The van der Waals surface area contributed by atoms with Gasteiger partial charge in [0.05, 0.1) is 35.7 Å². The van der Waals surface area contributed by atoms with Crippen molar-refractivity contribution in [3.63, 3.8) is 0 Å². The second-order valence-corrected chi connectivity index (χ2v) is 13.7. The molecule has 2 aromatic heterocycles. The van der Waals surface area contributed by atoms with E-state index in [2.05, 4.69) is 10.4 Å². The van der Waals surface area contributed by atoms with Crippen LogP contribution in [0.25, 0.3) is 10.9 Å². The molecule has 0 unspecified atom stereocenters. The SMILES string of the molecule is NC(=O)Oc1ccc2c(c1)c(C(N)=O)nn2CC(=O)N(CC(=O)NCc1cccc(Cl)c1F)Cc1cn(C(c2ccccc2)(c2ccccc2)c2ccccc2)cn1. The Morgan fingerprint density at radius 3 is 2.03 bits per heavy atom. The number of imidazole rings is 1. The van der Waals surface area contributed by atoms with Crippen molar-refractivity contribution in [2.45, 2.75) is 25.2 Å². The molecule has 15 heteroatoms. The maximum Gasteiger partial charge on any atom is 0.409 e. The molecule has 58 heavy (non-hydrogen) atoms. The van der Waals surface area contributed by atoms with E-state index in [-0.39, 0.29) is 40.5 Å². The summed E-state index contributed by atoms with van der Waals surface area (Å²) in [7, 11) is 0. The third-order valence-corrected chi connectivity index (χ3v) is 9.90. The Bertz CT molecular complexity index is 2520. The standard InChI is InChI=1S/C43H36ClFN8O5/c44-35-18-10-11-28(39(35)45)22-48-37(54)25-51(38(55)26-53-36-20-19-33(58-42(47)57)21-34(36)40(50-53)41(46)56)23-32-24-52(27-49-32)43(29-12-4-1-5-13-29,30-14-6-2-7-15-30)31-16-8-3-9-17-31/h1-21,24,27H,22-23,25-26H2,(H2,46,56)(H2,47,57)(H,48,54). The number of fused-ring (bicyclic) bond motifs is 1. The molecule has 5 N–H and O–H groups in total. The Kier molecular flexibility index (Phi) is 11.3. The highest BCUT2D eigenvalue weighted by molar-refractivity contribution is 6.30. The number of aromatic nitrogens is 4. The molecule has 2 heterocycles. The zero-order chi connectivity index (χ0) is 40.8. The summed E-state index contributed by atoms with van der Waals surface area (Å²) in [6, 6.07) is 38.6. The number of carbonyl (C=O) groups is 4. The van der Waals surface area contributed by atoms with Gasteiger partial charge >= 0.3 is 6.09 Å². The normalized spacial score (nSPS) is 11.3. The number of rotatable bonds is 14. The Labute approximate surface area is 336 Å². The molecule has 0 fully saturated rings. The molecule has 0 atom stereocenters. The quantitative estimate of drug-likeness (QED) is 0.117. The summed E-state index contributed by atoms with van der Waals surface area (Å²) in [5, 5.41) is 7.09. The molecule has 0 radical (unpaired) electrons. The van der Waals surface area contributed by atoms with Crippen LogP contribution in [0.15, 0.2) is 140 Å². The van der Waals surface area contributed by atoms with E-state index >= 15 is 0 Å². The number of ether oxygens (including phenoxy) is 1. The molecule has 13 nitrogen and oxygen atoms in total. The lowest BCUT2D eigenvalue weighted by atomic mass is 9.77. The molecule has 0 aliphatic rings. The van der Waals surface area contributed by atoms with Crippen LogP contribution >= 0.6 is 11.6 Å². The maximum absolute atomic E-state index is 14.7. The van der Waals surface area contributed by atoms with Crippen molar-refractivity contribution in [2.24, 2.45) is 11.5 Å². The van der Waals surface area contributed by atoms with Crippen LogP contribution in [0.1, 0.15) is 38.4 Å². The number of halogens is 2. The molecular weight excluding hydrogens is 763 g/mol. The van der Waals surface area contributed by atoms with Gasteiger partial charge in [0.15, 0.2) is 5.69 Å². The van der Waals surface area contributed by atoms with Crippen molar-refractivity contribution in [3.8, 4) is 5.75 Å². The largest absolute Gasteiger partial charge is 0.410 e. The molecule has 7 aromatic rings. The van der Waals surface area contributed by atoms with Crippen LogP contribution in [0, 0.1) is 5.82 Å². The highest BCUT2D eigenvalue weighted by atomic mass is 35.5. The molecule has 292 valence electrons. The predicted octanol–water partition coefficient (Wildman–Crippen LogP) is 5.77. The Morgan fingerprint density at radius 2 is 1.45 bits per heavy atom. The van der Waals surface area contributed by atoms with Gasteiger partial charge in [-0.15, -0.1) is 0 Å². The van der Waals surface area contributed by atoms with Crippen LogP contribution < -0.4 is 21.5 Å². The van der Waals surface area contributed by atoms with Crippen LogP contribution in [0.4, 0.5) is 9.18 Å². The number of hydrogen-bond donors (Lipinski definition) is 3. The first kappa shape index (κ1) is 38.9. The monoisotopic (exact) mass is 798 g/mol. The molecular formula is C43H36ClFN8O5. The summed E-state index contributed by atoms with van der Waals surface area (Å²) in [6.45, 7) is -1.19. The minimum absolute atomic E-state index is 0.0379. The lowest BCUT2D eigenvalue weighted by Crippen LogP contribution is -2.42. The van der Waals surface area contributed by atoms with E-state index in [1.807, 2.05) is 102 Å². The average Bonchev–Trinajstić information content (AvgIpc) is 3.84. The van der Waals surface area contributed by atoms with E-state index in [1.54, 1.807) is 12.4 Å². The first-order chi connectivity index (χ1) is 28.0. The highest BCUT2D eigenvalue weighted by Crippen LogP contribution is 2.41. The second kappa shape index (κ2) is 16.8. The van der Waals surface area contributed by atoms with Gasteiger partial charge in [-0.05, 0) is 41.0 Å². The van der Waals surface area contributed by atoms with Gasteiger partial charge in [-0.3, -0.25) is 19.1 Å². The lowest BCUT2D eigenvalue weighted by Gasteiger charge is -2.37.